The van der Waals surface area contributed by atoms with Crippen LogP contribution in [0.4, 0.5) is 0 Å². The van der Waals surface area contributed by atoms with Crippen molar-refractivity contribution in [3.63, 3.8) is 0 Å². The minimum Gasteiger partial charge on any atom is -0.466 e. The molecule has 0 saturated carbocycles. The van der Waals surface area contributed by atoms with Crippen molar-refractivity contribution in [2.45, 2.75) is 45.4 Å². The van der Waals surface area contributed by atoms with Crippen LogP contribution in [0.2, 0.25) is 0 Å². The molecule has 1 aliphatic carbocycles. The molecule has 1 aromatic rings. The van der Waals surface area contributed by atoms with E-state index in [0.29, 0.717) is 32.3 Å². The van der Waals surface area contributed by atoms with E-state index < -0.39 is 5.41 Å². The predicted molar refractivity (Wildman–Crippen MR) is 86.8 cm³/mol. The van der Waals surface area contributed by atoms with Crippen molar-refractivity contribution < 1.29 is 14.3 Å². The maximum Gasteiger partial charge on any atom is 0.305 e. The molecule has 0 saturated heterocycles. The van der Waals surface area contributed by atoms with Crippen LogP contribution in [0.25, 0.3) is 0 Å². The van der Waals surface area contributed by atoms with E-state index in [1.165, 1.54) is 0 Å². The predicted octanol–water partition coefficient (Wildman–Crippen LogP) is 4.11. The van der Waals surface area contributed by atoms with Gasteiger partial charge >= 0.3 is 5.97 Å². The van der Waals surface area contributed by atoms with Gasteiger partial charge in [0.15, 0.2) is 5.78 Å². The van der Waals surface area contributed by atoms with Gasteiger partial charge in [-0.05, 0) is 44.6 Å². The highest BCUT2D eigenvalue weighted by Crippen LogP contribution is 2.42. The van der Waals surface area contributed by atoms with Crippen LogP contribution < -0.4 is 0 Å². The van der Waals surface area contributed by atoms with E-state index in [1.807, 2.05) is 30.3 Å². The number of carbonyl (C=O) groups is 2. The van der Waals surface area contributed by atoms with Gasteiger partial charge in [0.2, 0.25) is 0 Å². The quantitative estimate of drug-likeness (QED) is 0.562. The fourth-order valence-corrected chi connectivity index (χ4v) is 3.35. The van der Waals surface area contributed by atoms with Crippen molar-refractivity contribution in [3.05, 3.63) is 48.0 Å². The van der Waals surface area contributed by atoms with E-state index in [-0.39, 0.29) is 11.8 Å². The number of hydrogen-bond acceptors (Lipinski definition) is 3. The lowest BCUT2D eigenvalue weighted by molar-refractivity contribution is -0.143. The summed E-state index contributed by atoms with van der Waals surface area (Å²) in [5.41, 5.74) is 1.58. The molecule has 0 heterocycles. The maximum absolute atomic E-state index is 13.0. The minimum absolute atomic E-state index is 0.181. The fraction of sp³-hybridized carbons (Fsp3) is 0.474. The van der Waals surface area contributed by atoms with Gasteiger partial charge in [0.1, 0.15) is 0 Å². The summed E-state index contributed by atoms with van der Waals surface area (Å²) in [6.07, 6.45) is 6.01. The Labute approximate surface area is 132 Å². The number of Topliss-reactive ketones (excluding diaryl/α,β-unsaturated/α-hetero) is 1. The number of aryl methyl sites for hydroxylation is 1. The monoisotopic (exact) mass is 300 g/mol. The lowest BCUT2D eigenvalue weighted by Gasteiger charge is -2.36. The molecule has 3 heteroatoms. The number of benzene rings is 1. The second kappa shape index (κ2) is 7.39. The molecule has 0 bridgehead atoms. The molecule has 1 aromatic carbocycles. The van der Waals surface area contributed by atoms with E-state index in [9.17, 15) is 9.59 Å². The summed E-state index contributed by atoms with van der Waals surface area (Å²) >= 11 is 0. The van der Waals surface area contributed by atoms with Crippen LogP contribution in [0.1, 0.15) is 54.9 Å². The zero-order valence-electron chi connectivity index (χ0n) is 13.3. The minimum atomic E-state index is -0.400. The third-order valence-corrected chi connectivity index (χ3v) is 4.49. The van der Waals surface area contributed by atoms with Crippen molar-refractivity contribution in [2.75, 3.05) is 6.61 Å². The number of fused-ring (bicyclic) bond motifs is 1. The molecule has 1 aliphatic rings. The smallest absolute Gasteiger partial charge is 0.305 e. The summed E-state index contributed by atoms with van der Waals surface area (Å²) in [6.45, 7) is 6.03. The first kappa shape index (κ1) is 16.5. The molecule has 3 nitrogen and oxygen atoms in total. The average molecular weight is 300 g/mol. The Morgan fingerprint density at radius 3 is 2.91 bits per heavy atom. The van der Waals surface area contributed by atoms with Gasteiger partial charge in [-0.2, -0.15) is 0 Å². The number of allylic oxidation sites excluding steroid dienone is 1. The number of carbonyl (C=O) groups excluding carboxylic acids is 2. The van der Waals surface area contributed by atoms with Crippen LogP contribution in [0, 0.1) is 5.41 Å². The topological polar surface area (TPSA) is 43.4 Å². The van der Waals surface area contributed by atoms with Gasteiger partial charge in [0.05, 0.1) is 6.61 Å². The first-order valence-electron chi connectivity index (χ1n) is 8.02. The van der Waals surface area contributed by atoms with Crippen molar-refractivity contribution in [1.29, 1.82) is 0 Å². The molecule has 0 aromatic heterocycles. The zero-order valence-corrected chi connectivity index (χ0v) is 13.3. The normalized spacial score (nSPS) is 20.3. The molecule has 0 spiro atoms. The van der Waals surface area contributed by atoms with Gasteiger partial charge in [0, 0.05) is 17.4 Å². The second-order valence-electron chi connectivity index (χ2n) is 5.92. The third-order valence-electron chi connectivity index (χ3n) is 4.49. The van der Waals surface area contributed by atoms with E-state index >= 15 is 0 Å². The Kier molecular flexibility index (Phi) is 5.53. The molecule has 0 aliphatic heterocycles. The highest BCUT2D eigenvalue weighted by atomic mass is 16.5. The molecule has 2 rings (SSSR count). The highest BCUT2D eigenvalue weighted by molar-refractivity contribution is 6.02. The Balaban J connectivity index is 2.11. The van der Waals surface area contributed by atoms with Crippen LogP contribution in [-0.4, -0.2) is 18.4 Å². The summed E-state index contributed by atoms with van der Waals surface area (Å²) in [6, 6.07) is 7.84. The van der Waals surface area contributed by atoms with Crippen LogP contribution in [0.5, 0.6) is 0 Å². The molecule has 22 heavy (non-hydrogen) atoms. The van der Waals surface area contributed by atoms with Gasteiger partial charge in [-0.15, -0.1) is 6.58 Å². The molecule has 0 N–H and O–H groups in total. The molecular weight excluding hydrogens is 276 g/mol. The number of esters is 1. The fourth-order valence-electron chi connectivity index (χ4n) is 3.35. The standard InChI is InChI=1S/C19H24O3/c1-3-12-19(13-7-10-17(20)22-4-2)14-11-15-8-5-6-9-16(15)18(19)21/h3,5-6,8-9H,1,4,7,10-14H2,2H3/t19-/m0/s1. The van der Waals surface area contributed by atoms with Crippen molar-refractivity contribution in [3.8, 4) is 0 Å². The van der Waals surface area contributed by atoms with E-state index in [1.54, 1.807) is 6.92 Å². The van der Waals surface area contributed by atoms with E-state index in [2.05, 4.69) is 6.58 Å². The molecule has 0 radical (unpaired) electrons. The summed E-state index contributed by atoms with van der Waals surface area (Å²) in [4.78, 5) is 24.5. The number of hydrogen-bond donors (Lipinski definition) is 0. The van der Waals surface area contributed by atoms with Crippen LogP contribution in [-0.2, 0) is 16.0 Å². The summed E-state index contributed by atoms with van der Waals surface area (Å²) < 4.78 is 4.96. The molecule has 118 valence electrons. The molecule has 0 fully saturated rings. The van der Waals surface area contributed by atoms with Gasteiger partial charge in [-0.25, -0.2) is 0 Å². The highest BCUT2D eigenvalue weighted by Gasteiger charge is 2.40. The first-order valence-corrected chi connectivity index (χ1v) is 8.02. The maximum atomic E-state index is 13.0. The number of rotatable bonds is 7. The molecule has 0 unspecified atom stereocenters. The Bertz CT molecular complexity index is 562. The van der Waals surface area contributed by atoms with Crippen LogP contribution in [0.3, 0.4) is 0 Å². The van der Waals surface area contributed by atoms with Gasteiger partial charge in [-0.3, -0.25) is 9.59 Å². The second-order valence-corrected chi connectivity index (χ2v) is 5.92. The number of ether oxygens (including phenoxy) is 1. The lowest BCUT2D eigenvalue weighted by Crippen LogP contribution is -2.36. The largest absolute Gasteiger partial charge is 0.466 e. The lowest BCUT2D eigenvalue weighted by atomic mass is 9.66. The van der Waals surface area contributed by atoms with Crippen LogP contribution >= 0.6 is 0 Å². The van der Waals surface area contributed by atoms with E-state index in [4.69, 9.17) is 4.74 Å². The number of ketones is 1. The Morgan fingerprint density at radius 1 is 1.41 bits per heavy atom. The van der Waals surface area contributed by atoms with Gasteiger partial charge in [-0.1, -0.05) is 30.3 Å². The molecular formula is C19H24O3. The molecule has 0 amide bonds. The summed E-state index contributed by atoms with van der Waals surface area (Å²) in [7, 11) is 0. The average Bonchev–Trinajstić information content (AvgIpc) is 2.52. The zero-order chi connectivity index (χ0) is 16.0. The Morgan fingerprint density at radius 2 is 2.18 bits per heavy atom. The SMILES string of the molecule is C=CC[C@]1(CCCC(=O)OCC)CCc2ccccc2C1=O. The van der Waals surface area contributed by atoms with Gasteiger partial charge in [0.25, 0.3) is 0 Å². The van der Waals surface area contributed by atoms with Crippen molar-refractivity contribution in [2.24, 2.45) is 5.41 Å². The first-order chi connectivity index (χ1) is 10.6. The van der Waals surface area contributed by atoms with Gasteiger partial charge < -0.3 is 4.74 Å². The van der Waals surface area contributed by atoms with E-state index in [0.717, 1.165) is 24.0 Å². The van der Waals surface area contributed by atoms with Crippen molar-refractivity contribution >= 4 is 11.8 Å². The summed E-state index contributed by atoms with van der Waals surface area (Å²) in [5.74, 6) is 0.0259. The Hall–Kier alpha value is -1.90. The molecule has 1 atom stereocenters. The summed E-state index contributed by atoms with van der Waals surface area (Å²) in [5, 5.41) is 0. The van der Waals surface area contributed by atoms with Crippen LogP contribution in [0.15, 0.2) is 36.9 Å². The van der Waals surface area contributed by atoms with Crippen molar-refractivity contribution in [1.82, 2.24) is 0 Å². The third kappa shape index (κ3) is 3.46.